The first kappa shape index (κ1) is 18.1. The number of anilines is 1. The highest BCUT2D eigenvalue weighted by Crippen LogP contribution is 2.31. The van der Waals surface area contributed by atoms with Crippen LogP contribution in [0.5, 0.6) is 5.75 Å². The fraction of sp³-hybridized carbons (Fsp3) is 0.318. The average Bonchev–Trinajstić information content (AvgIpc) is 3.21. The number of thiazole rings is 1. The Kier molecular flexibility index (Phi) is 4.67. The summed E-state index contributed by atoms with van der Waals surface area (Å²) in [5.41, 5.74) is 4.32. The summed E-state index contributed by atoms with van der Waals surface area (Å²) in [6.07, 6.45) is 4.08. The predicted molar refractivity (Wildman–Crippen MR) is 113 cm³/mol. The van der Waals surface area contributed by atoms with Gasteiger partial charge >= 0.3 is 0 Å². The summed E-state index contributed by atoms with van der Waals surface area (Å²) in [4.78, 5) is 32.1. The smallest absolute Gasteiger partial charge is 0.257 e. The number of amides is 2. The number of rotatable bonds is 2. The van der Waals surface area contributed by atoms with Crippen LogP contribution in [0.4, 0.5) is 5.69 Å². The van der Waals surface area contributed by atoms with Gasteiger partial charge in [0.05, 0.1) is 27.9 Å². The molecule has 2 aromatic carbocycles. The van der Waals surface area contributed by atoms with Crippen LogP contribution in [0.3, 0.4) is 0 Å². The fourth-order valence-corrected chi connectivity index (χ4v) is 4.84. The van der Waals surface area contributed by atoms with Crippen molar-refractivity contribution in [2.45, 2.75) is 31.7 Å². The van der Waals surface area contributed by atoms with Gasteiger partial charge in [-0.1, -0.05) is 0 Å². The zero-order valence-electron chi connectivity index (χ0n) is 15.9. The number of hydrogen-bond acceptors (Lipinski definition) is 5. The van der Waals surface area contributed by atoms with Crippen LogP contribution in [0.2, 0.25) is 0 Å². The van der Waals surface area contributed by atoms with Crippen molar-refractivity contribution in [1.29, 1.82) is 0 Å². The molecule has 3 aromatic rings. The van der Waals surface area contributed by atoms with E-state index in [1.54, 1.807) is 29.8 Å². The molecule has 1 saturated heterocycles. The van der Waals surface area contributed by atoms with E-state index in [4.69, 9.17) is 4.74 Å². The van der Waals surface area contributed by atoms with E-state index in [0.717, 1.165) is 42.4 Å². The third-order valence-corrected chi connectivity index (χ3v) is 6.45. The molecule has 7 heteroatoms. The molecule has 0 aliphatic carbocycles. The maximum atomic E-state index is 13.2. The lowest BCUT2D eigenvalue weighted by Gasteiger charge is -2.37. The molecule has 3 heterocycles. The van der Waals surface area contributed by atoms with E-state index in [9.17, 15) is 9.59 Å². The van der Waals surface area contributed by atoms with Crippen LogP contribution < -0.4 is 10.1 Å². The van der Waals surface area contributed by atoms with Gasteiger partial charge < -0.3 is 15.0 Å². The lowest BCUT2D eigenvalue weighted by molar-refractivity contribution is 0.0548. The quantitative estimate of drug-likeness (QED) is 0.687. The van der Waals surface area contributed by atoms with E-state index in [0.29, 0.717) is 29.2 Å². The number of fused-ring (bicyclic) bond motifs is 3. The zero-order valence-corrected chi connectivity index (χ0v) is 16.7. The van der Waals surface area contributed by atoms with Gasteiger partial charge in [-0.25, -0.2) is 4.98 Å². The number of carbonyl (C=O) groups is 2. The van der Waals surface area contributed by atoms with Crippen LogP contribution in [-0.4, -0.2) is 40.9 Å². The van der Waals surface area contributed by atoms with Gasteiger partial charge in [-0.2, -0.15) is 0 Å². The number of carbonyl (C=O) groups excluding carboxylic acids is 2. The highest BCUT2D eigenvalue weighted by molar-refractivity contribution is 7.16. The first-order chi connectivity index (χ1) is 14.2. The number of aromatic nitrogens is 1. The van der Waals surface area contributed by atoms with E-state index in [-0.39, 0.29) is 17.9 Å². The van der Waals surface area contributed by atoms with Crippen LogP contribution >= 0.6 is 11.3 Å². The monoisotopic (exact) mass is 407 g/mol. The second-order valence-corrected chi connectivity index (χ2v) is 8.37. The maximum Gasteiger partial charge on any atom is 0.257 e. The third-order valence-electron chi connectivity index (χ3n) is 5.66. The first-order valence-corrected chi connectivity index (χ1v) is 10.8. The van der Waals surface area contributed by atoms with Gasteiger partial charge in [0.25, 0.3) is 11.8 Å². The molecule has 1 atom stereocenters. The Labute approximate surface area is 172 Å². The Hall–Kier alpha value is -2.93. The van der Waals surface area contributed by atoms with Crippen molar-refractivity contribution < 1.29 is 14.3 Å². The minimum Gasteiger partial charge on any atom is -0.493 e. The van der Waals surface area contributed by atoms with Crippen molar-refractivity contribution in [1.82, 2.24) is 9.88 Å². The van der Waals surface area contributed by atoms with E-state index in [1.165, 1.54) is 11.3 Å². The number of ether oxygens (including phenoxy) is 1. The fourth-order valence-electron chi connectivity index (χ4n) is 4.13. The molecule has 0 unspecified atom stereocenters. The Morgan fingerprint density at radius 3 is 3.03 bits per heavy atom. The summed E-state index contributed by atoms with van der Waals surface area (Å²) in [6, 6.07) is 11.0. The molecule has 29 heavy (non-hydrogen) atoms. The molecule has 1 N–H and O–H groups in total. The molecule has 2 amide bonds. The second-order valence-electron chi connectivity index (χ2n) is 7.49. The van der Waals surface area contributed by atoms with Gasteiger partial charge in [0.2, 0.25) is 0 Å². The molecule has 2 aliphatic heterocycles. The lowest BCUT2D eigenvalue weighted by Crippen LogP contribution is -2.45. The van der Waals surface area contributed by atoms with Crippen molar-refractivity contribution in [3.63, 3.8) is 0 Å². The molecular weight excluding hydrogens is 386 g/mol. The molecule has 1 aromatic heterocycles. The van der Waals surface area contributed by atoms with Crippen molar-refractivity contribution in [3.05, 3.63) is 53.0 Å². The molecule has 1 fully saturated rings. The summed E-state index contributed by atoms with van der Waals surface area (Å²) >= 11 is 1.50. The lowest BCUT2D eigenvalue weighted by atomic mass is 9.97. The number of nitrogens with one attached hydrogen (secondary N) is 1. The van der Waals surface area contributed by atoms with Gasteiger partial charge in [-0.05, 0) is 55.7 Å². The van der Waals surface area contributed by atoms with Crippen molar-refractivity contribution in [2.24, 2.45) is 0 Å². The number of hydrogen-bond donors (Lipinski definition) is 1. The van der Waals surface area contributed by atoms with E-state index < -0.39 is 0 Å². The Balaban J connectivity index is 1.41. The SMILES string of the molecule is O=C(Nc1ccc2c(c1)C(=O)N1CCCC[C@@H]1CCO2)c1ccc2ncsc2c1. The minimum absolute atomic E-state index is 0.00780. The molecule has 6 nitrogen and oxygen atoms in total. The maximum absolute atomic E-state index is 13.2. The van der Waals surface area contributed by atoms with Gasteiger partial charge in [0.15, 0.2) is 0 Å². The number of nitrogens with zero attached hydrogens (tertiary/aromatic N) is 2. The molecule has 148 valence electrons. The van der Waals surface area contributed by atoms with Crippen LogP contribution in [-0.2, 0) is 0 Å². The predicted octanol–water partition coefficient (Wildman–Crippen LogP) is 4.33. The molecular formula is C22H21N3O3S. The van der Waals surface area contributed by atoms with E-state index in [1.807, 2.05) is 17.0 Å². The second kappa shape index (κ2) is 7.48. The topological polar surface area (TPSA) is 71.5 Å². The van der Waals surface area contributed by atoms with E-state index >= 15 is 0 Å². The average molecular weight is 407 g/mol. The summed E-state index contributed by atoms with van der Waals surface area (Å²) in [6.45, 7) is 1.39. The van der Waals surface area contributed by atoms with Crippen LogP contribution in [0.15, 0.2) is 41.9 Å². The van der Waals surface area contributed by atoms with Gasteiger partial charge in [-0.3, -0.25) is 9.59 Å². The normalized spacial score (nSPS) is 19.0. The first-order valence-electron chi connectivity index (χ1n) is 9.91. The number of benzene rings is 2. The van der Waals surface area contributed by atoms with Gasteiger partial charge in [0, 0.05) is 30.3 Å². The molecule has 0 spiro atoms. The highest BCUT2D eigenvalue weighted by Gasteiger charge is 2.31. The van der Waals surface area contributed by atoms with Crippen molar-refractivity contribution in [3.8, 4) is 5.75 Å². The van der Waals surface area contributed by atoms with Gasteiger partial charge in [-0.15, -0.1) is 11.3 Å². The number of piperidine rings is 1. The Bertz CT molecular complexity index is 1090. The Morgan fingerprint density at radius 2 is 2.10 bits per heavy atom. The largest absolute Gasteiger partial charge is 0.493 e. The minimum atomic E-state index is -0.213. The molecule has 2 aliphatic rings. The molecule has 5 rings (SSSR count). The molecule has 0 saturated carbocycles. The summed E-state index contributed by atoms with van der Waals surface area (Å²) in [7, 11) is 0. The zero-order chi connectivity index (χ0) is 19.8. The third kappa shape index (κ3) is 3.46. The summed E-state index contributed by atoms with van der Waals surface area (Å²) in [5.74, 6) is 0.366. The standard InChI is InChI=1S/C22H21N3O3S/c26-21(14-4-6-18-20(11-14)29-13-23-18)24-15-5-7-19-17(12-15)22(27)25-9-2-1-3-16(25)8-10-28-19/h4-7,11-13,16H,1-3,8-10H2,(H,24,26)/t16-/m1/s1. The molecule has 0 radical (unpaired) electrons. The highest BCUT2D eigenvalue weighted by atomic mass is 32.1. The van der Waals surface area contributed by atoms with Gasteiger partial charge in [0.1, 0.15) is 5.75 Å². The van der Waals surface area contributed by atoms with Crippen LogP contribution in [0.1, 0.15) is 46.4 Å². The van der Waals surface area contributed by atoms with Crippen LogP contribution in [0, 0.1) is 0 Å². The summed E-state index contributed by atoms with van der Waals surface area (Å²) < 4.78 is 6.83. The Morgan fingerprint density at radius 1 is 1.17 bits per heavy atom. The van der Waals surface area contributed by atoms with Crippen molar-refractivity contribution >= 4 is 39.1 Å². The van der Waals surface area contributed by atoms with Crippen LogP contribution in [0.25, 0.3) is 10.2 Å². The van der Waals surface area contributed by atoms with E-state index in [2.05, 4.69) is 10.3 Å². The van der Waals surface area contributed by atoms with Crippen molar-refractivity contribution in [2.75, 3.05) is 18.5 Å². The molecule has 0 bridgehead atoms. The summed E-state index contributed by atoms with van der Waals surface area (Å²) in [5, 5.41) is 2.91.